The second-order valence-corrected chi connectivity index (χ2v) is 4.68. The van der Waals surface area contributed by atoms with E-state index in [0.29, 0.717) is 12.6 Å². The molecular weight excluding hydrogens is 204 g/mol. The fourth-order valence-electron chi connectivity index (χ4n) is 0.812. The van der Waals surface area contributed by atoms with Crippen molar-refractivity contribution in [3.05, 3.63) is 12.0 Å². The number of hydrogen-bond acceptors (Lipinski definition) is 5. The summed E-state index contributed by atoms with van der Waals surface area (Å²) in [4.78, 5) is 0. The van der Waals surface area contributed by atoms with Gasteiger partial charge >= 0.3 is 9.05 Å². The van der Waals surface area contributed by atoms with Crippen molar-refractivity contribution in [2.45, 2.75) is 13.8 Å². The first kappa shape index (κ1) is 13.4. The average molecular weight is 222 g/mol. The molecule has 0 fully saturated rings. The summed E-state index contributed by atoms with van der Waals surface area (Å²) in [6.45, 7) is 4.18. The molecule has 0 bridgehead atoms. The molecular formula is C8H18O5Si. The molecule has 0 heterocycles. The normalized spacial score (nSPS) is 12.8. The van der Waals surface area contributed by atoms with Gasteiger partial charge in [0.05, 0.1) is 6.61 Å². The van der Waals surface area contributed by atoms with Gasteiger partial charge in [0.25, 0.3) is 5.95 Å². The first-order valence-electron chi connectivity index (χ1n) is 4.31. The molecule has 0 aromatic carbocycles. The first-order chi connectivity index (χ1) is 6.67. The predicted octanol–water partition coefficient (Wildman–Crippen LogP) is 1.28. The standard InChI is InChI=1S/C8H18O5Si/c1-6-8(12-7-2)13-14(9-3,10-4)11-5/h6H,7H2,1-5H3. The monoisotopic (exact) mass is 222 g/mol. The molecule has 0 aromatic rings. The first-order valence-corrected chi connectivity index (χ1v) is 5.94. The maximum atomic E-state index is 5.39. The van der Waals surface area contributed by atoms with Crippen LogP contribution in [-0.2, 0) is 22.4 Å². The summed E-state index contributed by atoms with van der Waals surface area (Å²) >= 11 is 0. The summed E-state index contributed by atoms with van der Waals surface area (Å²) in [6, 6.07) is 0. The summed E-state index contributed by atoms with van der Waals surface area (Å²) in [6.07, 6.45) is 1.68. The van der Waals surface area contributed by atoms with Gasteiger partial charge < -0.3 is 22.4 Å². The largest absolute Gasteiger partial charge is 0.750 e. The highest BCUT2D eigenvalue weighted by atomic mass is 28.4. The van der Waals surface area contributed by atoms with Crippen molar-refractivity contribution >= 4 is 9.05 Å². The molecule has 0 aliphatic rings. The van der Waals surface area contributed by atoms with Crippen molar-refractivity contribution in [1.82, 2.24) is 0 Å². The van der Waals surface area contributed by atoms with Crippen LogP contribution in [0.1, 0.15) is 13.8 Å². The molecule has 0 saturated carbocycles. The van der Waals surface area contributed by atoms with Crippen LogP contribution in [0.15, 0.2) is 12.0 Å². The Hall–Kier alpha value is -0.563. The maximum Gasteiger partial charge on any atom is 0.750 e. The molecule has 84 valence electrons. The number of allylic oxidation sites excluding steroid dienone is 1. The maximum absolute atomic E-state index is 5.39. The van der Waals surface area contributed by atoms with Crippen LogP contribution in [0.2, 0.25) is 0 Å². The fourth-order valence-corrected chi connectivity index (χ4v) is 1.99. The Morgan fingerprint density at radius 1 is 1.14 bits per heavy atom. The zero-order valence-electron chi connectivity index (χ0n) is 9.33. The van der Waals surface area contributed by atoms with Crippen molar-refractivity contribution in [1.29, 1.82) is 0 Å². The molecule has 0 atom stereocenters. The van der Waals surface area contributed by atoms with Crippen molar-refractivity contribution in [3.63, 3.8) is 0 Å². The van der Waals surface area contributed by atoms with E-state index in [2.05, 4.69) is 0 Å². The van der Waals surface area contributed by atoms with E-state index >= 15 is 0 Å². The summed E-state index contributed by atoms with van der Waals surface area (Å²) in [5, 5.41) is 0. The van der Waals surface area contributed by atoms with Crippen LogP contribution < -0.4 is 0 Å². The van der Waals surface area contributed by atoms with Gasteiger partial charge in [0.15, 0.2) is 0 Å². The molecule has 0 N–H and O–H groups in total. The Morgan fingerprint density at radius 3 is 1.93 bits per heavy atom. The van der Waals surface area contributed by atoms with Crippen LogP contribution in [0.4, 0.5) is 0 Å². The minimum atomic E-state index is -3.03. The second-order valence-electron chi connectivity index (χ2n) is 2.26. The van der Waals surface area contributed by atoms with Crippen molar-refractivity contribution in [3.8, 4) is 0 Å². The molecule has 5 nitrogen and oxygen atoms in total. The van der Waals surface area contributed by atoms with Gasteiger partial charge in [0, 0.05) is 21.3 Å². The van der Waals surface area contributed by atoms with Gasteiger partial charge in [-0.3, -0.25) is 0 Å². The molecule has 0 aliphatic heterocycles. The molecule has 0 spiro atoms. The van der Waals surface area contributed by atoms with E-state index in [-0.39, 0.29) is 0 Å². The molecule has 0 amide bonds. The van der Waals surface area contributed by atoms with Crippen molar-refractivity contribution in [2.75, 3.05) is 27.9 Å². The van der Waals surface area contributed by atoms with Crippen LogP contribution in [0.5, 0.6) is 0 Å². The molecule has 14 heavy (non-hydrogen) atoms. The Morgan fingerprint density at radius 2 is 1.64 bits per heavy atom. The molecule has 0 aliphatic carbocycles. The Labute approximate surface area is 86.0 Å². The quantitative estimate of drug-likeness (QED) is 0.479. The summed E-state index contributed by atoms with van der Waals surface area (Å²) in [5.74, 6) is 0.352. The van der Waals surface area contributed by atoms with E-state index in [1.807, 2.05) is 6.92 Å². The summed E-state index contributed by atoms with van der Waals surface area (Å²) in [7, 11) is 1.38. The van der Waals surface area contributed by atoms with E-state index in [4.69, 9.17) is 22.4 Å². The van der Waals surface area contributed by atoms with E-state index in [1.165, 1.54) is 21.3 Å². The number of ether oxygens (including phenoxy) is 1. The highest BCUT2D eigenvalue weighted by Gasteiger charge is 2.46. The van der Waals surface area contributed by atoms with Gasteiger partial charge in [-0.1, -0.05) is 0 Å². The van der Waals surface area contributed by atoms with E-state index in [9.17, 15) is 0 Å². The highest BCUT2D eigenvalue weighted by molar-refractivity contribution is 6.53. The Balaban J connectivity index is 4.40. The molecule has 6 heteroatoms. The van der Waals surface area contributed by atoms with Crippen LogP contribution in [0.25, 0.3) is 0 Å². The van der Waals surface area contributed by atoms with E-state index in [0.717, 1.165) is 0 Å². The number of rotatable bonds is 7. The van der Waals surface area contributed by atoms with Gasteiger partial charge in [0.1, 0.15) is 0 Å². The lowest BCUT2D eigenvalue weighted by Gasteiger charge is -2.24. The summed E-state index contributed by atoms with van der Waals surface area (Å²) < 4.78 is 25.8. The van der Waals surface area contributed by atoms with Gasteiger partial charge in [0.2, 0.25) is 0 Å². The molecule has 0 radical (unpaired) electrons. The van der Waals surface area contributed by atoms with Gasteiger partial charge in [-0.2, -0.15) is 0 Å². The third kappa shape index (κ3) is 3.67. The van der Waals surface area contributed by atoms with Crippen LogP contribution in [0, 0.1) is 0 Å². The Kier molecular flexibility index (Phi) is 6.55. The van der Waals surface area contributed by atoms with Gasteiger partial charge in [-0.15, -0.1) is 0 Å². The van der Waals surface area contributed by atoms with Crippen LogP contribution >= 0.6 is 0 Å². The van der Waals surface area contributed by atoms with Crippen LogP contribution in [0.3, 0.4) is 0 Å². The highest BCUT2D eigenvalue weighted by Crippen LogP contribution is 2.14. The average Bonchev–Trinajstić information content (AvgIpc) is 2.25. The topological polar surface area (TPSA) is 46.2 Å². The third-order valence-corrected chi connectivity index (χ3v) is 3.45. The zero-order chi connectivity index (χ0) is 11.0. The van der Waals surface area contributed by atoms with E-state index in [1.54, 1.807) is 13.0 Å². The molecule has 0 aromatic heterocycles. The minimum Gasteiger partial charge on any atom is -0.467 e. The predicted molar refractivity (Wildman–Crippen MR) is 53.2 cm³/mol. The Bertz CT molecular complexity index is 170. The van der Waals surface area contributed by atoms with Gasteiger partial charge in [-0.25, -0.2) is 0 Å². The summed E-state index contributed by atoms with van der Waals surface area (Å²) in [5.41, 5.74) is 0. The molecule has 0 saturated heterocycles. The number of hydrogen-bond donors (Lipinski definition) is 0. The minimum absolute atomic E-state index is 0.352. The van der Waals surface area contributed by atoms with Gasteiger partial charge in [-0.05, 0) is 19.9 Å². The smallest absolute Gasteiger partial charge is 0.467 e. The zero-order valence-corrected chi connectivity index (χ0v) is 10.3. The van der Waals surface area contributed by atoms with Crippen molar-refractivity contribution < 1.29 is 22.4 Å². The lowest BCUT2D eigenvalue weighted by molar-refractivity contribution is -0.0163. The molecule has 0 unspecified atom stereocenters. The molecule has 0 rings (SSSR count). The lowest BCUT2D eigenvalue weighted by atomic mass is 10.7. The fraction of sp³-hybridized carbons (Fsp3) is 0.750. The van der Waals surface area contributed by atoms with E-state index < -0.39 is 9.05 Å². The SMILES string of the molecule is CC=C(OCC)O[Si](OC)(OC)OC. The second kappa shape index (κ2) is 6.83. The lowest BCUT2D eigenvalue weighted by Crippen LogP contribution is -2.46. The van der Waals surface area contributed by atoms with Crippen LogP contribution in [-0.4, -0.2) is 37.0 Å². The third-order valence-electron chi connectivity index (χ3n) is 1.50. The van der Waals surface area contributed by atoms with Crippen molar-refractivity contribution in [2.24, 2.45) is 0 Å².